The van der Waals surface area contributed by atoms with Crippen LogP contribution in [-0.2, 0) is 7.05 Å². The molecule has 0 aliphatic heterocycles. The lowest BCUT2D eigenvalue weighted by atomic mass is 10.2. The van der Waals surface area contributed by atoms with Gasteiger partial charge in [0.05, 0.1) is 6.21 Å². The van der Waals surface area contributed by atoms with Crippen LogP contribution in [0.1, 0.15) is 21.5 Å². The van der Waals surface area contributed by atoms with Crippen molar-refractivity contribution in [3.63, 3.8) is 0 Å². The largest absolute Gasteiger partial charge is 0.318 e. The highest BCUT2D eigenvalue weighted by Gasteiger charge is 2.09. The third kappa shape index (κ3) is 3.20. The van der Waals surface area contributed by atoms with Crippen LogP contribution in [0.2, 0.25) is 0 Å². The molecule has 0 radical (unpaired) electrons. The fourth-order valence-corrected chi connectivity index (χ4v) is 1.65. The Morgan fingerprint density at radius 1 is 1.25 bits per heavy atom. The Morgan fingerprint density at radius 2 is 1.95 bits per heavy atom. The molecule has 0 unspecified atom stereocenters. The van der Waals surface area contributed by atoms with E-state index in [2.05, 4.69) is 10.5 Å². The maximum atomic E-state index is 11.8. The summed E-state index contributed by atoms with van der Waals surface area (Å²) in [6, 6.07) is 10.8. The van der Waals surface area contributed by atoms with Gasteiger partial charge in [0.25, 0.3) is 11.5 Å². The fraction of sp³-hybridized carbons (Fsp3) is 0.133. The standard InChI is InChI=1S/C15H15N3O2/c1-11-5-7-12(8-6-11)10-16-17-14(19)13-4-3-9-18(2)15(13)20/h3-10H,1-2H3,(H,17,19)/b16-10-. The van der Waals surface area contributed by atoms with Gasteiger partial charge in [0.1, 0.15) is 5.56 Å². The molecule has 1 aromatic heterocycles. The number of aryl methyl sites for hydroxylation is 2. The molecule has 5 nitrogen and oxygen atoms in total. The Bertz CT molecular complexity index is 700. The van der Waals surface area contributed by atoms with E-state index in [4.69, 9.17) is 0 Å². The zero-order chi connectivity index (χ0) is 14.5. The summed E-state index contributed by atoms with van der Waals surface area (Å²) in [5.41, 5.74) is 4.09. The summed E-state index contributed by atoms with van der Waals surface area (Å²) in [6.45, 7) is 1.99. The van der Waals surface area contributed by atoms with Crippen molar-refractivity contribution < 1.29 is 4.79 Å². The Morgan fingerprint density at radius 3 is 2.65 bits per heavy atom. The SMILES string of the molecule is Cc1ccc(/C=N\NC(=O)c2cccn(C)c2=O)cc1. The number of hydrogen-bond donors (Lipinski definition) is 1. The second-order valence-corrected chi connectivity index (χ2v) is 4.45. The fourth-order valence-electron chi connectivity index (χ4n) is 1.65. The molecule has 2 aromatic rings. The highest BCUT2D eigenvalue weighted by Crippen LogP contribution is 2.00. The Labute approximate surface area is 116 Å². The first-order valence-electron chi connectivity index (χ1n) is 6.13. The Balaban J connectivity index is 2.07. The van der Waals surface area contributed by atoms with E-state index in [1.807, 2.05) is 31.2 Å². The minimum Gasteiger partial charge on any atom is -0.318 e. The number of benzene rings is 1. The van der Waals surface area contributed by atoms with Gasteiger partial charge in [-0.05, 0) is 24.6 Å². The normalized spacial score (nSPS) is 10.7. The van der Waals surface area contributed by atoms with Crippen LogP contribution in [0.5, 0.6) is 0 Å². The van der Waals surface area contributed by atoms with Crippen LogP contribution in [0.3, 0.4) is 0 Å². The van der Waals surface area contributed by atoms with Gasteiger partial charge in [-0.2, -0.15) is 5.10 Å². The predicted molar refractivity (Wildman–Crippen MR) is 77.9 cm³/mol. The number of rotatable bonds is 3. The van der Waals surface area contributed by atoms with Crippen LogP contribution in [0.4, 0.5) is 0 Å². The molecule has 0 aliphatic carbocycles. The van der Waals surface area contributed by atoms with Gasteiger partial charge in [-0.1, -0.05) is 29.8 Å². The summed E-state index contributed by atoms with van der Waals surface area (Å²) in [5.74, 6) is -0.519. The number of nitrogens with one attached hydrogen (secondary N) is 1. The first kappa shape index (κ1) is 13.7. The molecule has 0 saturated carbocycles. The van der Waals surface area contributed by atoms with Crippen LogP contribution in [0, 0.1) is 6.92 Å². The van der Waals surface area contributed by atoms with Crippen molar-refractivity contribution in [2.24, 2.45) is 12.1 Å². The summed E-state index contributed by atoms with van der Waals surface area (Å²) < 4.78 is 1.35. The number of hydrogen-bond acceptors (Lipinski definition) is 3. The third-order valence-electron chi connectivity index (χ3n) is 2.83. The third-order valence-corrected chi connectivity index (χ3v) is 2.83. The van der Waals surface area contributed by atoms with Gasteiger partial charge in [-0.25, -0.2) is 5.43 Å². The van der Waals surface area contributed by atoms with Crippen LogP contribution < -0.4 is 11.0 Å². The second kappa shape index (κ2) is 5.97. The topological polar surface area (TPSA) is 63.5 Å². The van der Waals surface area contributed by atoms with Crippen LogP contribution in [-0.4, -0.2) is 16.7 Å². The number of aromatic nitrogens is 1. The van der Waals surface area contributed by atoms with Crippen molar-refractivity contribution >= 4 is 12.1 Å². The zero-order valence-electron chi connectivity index (χ0n) is 11.3. The highest BCUT2D eigenvalue weighted by molar-refractivity contribution is 5.94. The Kier molecular flexibility index (Phi) is 4.10. The number of carbonyl (C=O) groups excluding carboxylic acids is 1. The van der Waals surface area contributed by atoms with E-state index in [9.17, 15) is 9.59 Å². The van der Waals surface area contributed by atoms with Crippen molar-refractivity contribution in [3.8, 4) is 0 Å². The van der Waals surface area contributed by atoms with Crippen molar-refractivity contribution in [2.75, 3.05) is 0 Å². The summed E-state index contributed by atoms with van der Waals surface area (Å²) in [4.78, 5) is 23.6. The molecule has 0 atom stereocenters. The first-order chi connectivity index (χ1) is 9.58. The number of hydrazone groups is 1. The molecular formula is C15H15N3O2. The summed E-state index contributed by atoms with van der Waals surface area (Å²) in [6.07, 6.45) is 3.12. The minimum atomic E-state index is -0.519. The molecular weight excluding hydrogens is 254 g/mol. The maximum Gasteiger partial charge on any atom is 0.276 e. The van der Waals surface area contributed by atoms with Gasteiger partial charge >= 0.3 is 0 Å². The molecule has 1 N–H and O–H groups in total. The first-order valence-corrected chi connectivity index (χ1v) is 6.13. The molecule has 20 heavy (non-hydrogen) atoms. The zero-order valence-corrected chi connectivity index (χ0v) is 11.3. The van der Waals surface area contributed by atoms with Crippen molar-refractivity contribution in [1.29, 1.82) is 0 Å². The van der Waals surface area contributed by atoms with Crippen molar-refractivity contribution in [3.05, 3.63) is 69.6 Å². The summed E-state index contributed by atoms with van der Waals surface area (Å²) in [7, 11) is 1.59. The number of nitrogens with zero attached hydrogens (tertiary/aromatic N) is 2. The van der Waals surface area contributed by atoms with Gasteiger partial charge in [-0.15, -0.1) is 0 Å². The smallest absolute Gasteiger partial charge is 0.276 e. The lowest BCUT2D eigenvalue weighted by Crippen LogP contribution is -2.29. The molecule has 1 aromatic carbocycles. The van der Waals surface area contributed by atoms with E-state index in [0.717, 1.165) is 11.1 Å². The lowest BCUT2D eigenvalue weighted by Gasteiger charge is -2.01. The summed E-state index contributed by atoms with van der Waals surface area (Å²) in [5, 5.41) is 3.85. The van der Waals surface area contributed by atoms with E-state index >= 15 is 0 Å². The molecule has 1 amide bonds. The highest BCUT2D eigenvalue weighted by atomic mass is 16.2. The minimum absolute atomic E-state index is 0.0658. The molecule has 0 aliphatic rings. The van der Waals surface area contributed by atoms with Crippen molar-refractivity contribution in [2.45, 2.75) is 6.92 Å². The monoisotopic (exact) mass is 269 g/mol. The van der Waals surface area contributed by atoms with Crippen molar-refractivity contribution in [1.82, 2.24) is 9.99 Å². The lowest BCUT2D eigenvalue weighted by molar-refractivity contribution is 0.0953. The van der Waals surface area contributed by atoms with Crippen LogP contribution in [0.15, 0.2) is 52.5 Å². The molecule has 5 heteroatoms. The molecule has 0 spiro atoms. The number of carbonyl (C=O) groups is 1. The molecule has 102 valence electrons. The molecule has 1 heterocycles. The quantitative estimate of drug-likeness (QED) is 0.677. The Hall–Kier alpha value is -2.69. The van der Waals surface area contributed by atoms with Gasteiger partial charge < -0.3 is 4.57 Å². The van der Waals surface area contributed by atoms with E-state index in [-0.39, 0.29) is 11.1 Å². The van der Waals surface area contributed by atoms with E-state index in [1.54, 1.807) is 19.3 Å². The van der Waals surface area contributed by atoms with E-state index < -0.39 is 5.91 Å². The van der Waals surface area contributed by atoms with E-state index in [0.29, 0.717) is 0 Å². The average molecular weight is 269 g/mol. The number of amides is 1. The van der Waals surface area contributed by atoms with E-state index in [1.165, 1.54) is 16.8 Å². The summed E-state index contributed by atoms with van der Waals surface area (Å²) >= 11 is 0. The van der Waals surface area contributed by atoms with Gasteiger partial charge in [-0.3, -0.25) is 9.59 Å². The van der Waals surface area contributed by atoms with Crippen LogP contribution in [0.25, 0.3) is 0 Å². The van der Waals surface area contributed by atoms with Gasteiger partial charge in [0.15, 0.2) is 0 Å². The average Bonchev–Trinajstić information content (AvgIpc) is 2.44. The molecule has 0 bridgehead atoms. The van der Waals surface area contributed by atoms with Gasteiger partial charge in [0, 0.05) is 13.2 Å². The number of pyridine rings is 1. The second-order valence-electron chi connectivity index (χ2n) is 4.45. The van der Waals surface area contributed by atoms with Crippen LogP contribution >= 0.6 is 0 Å². The molecule has 0 saturated heterocycles. The maximum absolute atomic E-state index is 11.8. The molecule has 0 fully saturated rings. The van der Waals surface area contributed by atoms with Gasteiger partial charge in [0.2, 0.25) is 0 Å². The predicted octanol–water partition coefficient (Wildman–Crippen LogP) is 1.46. The molecule has 2 rings (SSSR count).